The summed E-state index contributed by atoms with van der Waals surface area (Å²) in [5.74, 6) is 1.01. The minimum Gasteiger partial charge on any atom is -0.508 e. The summed E-state index contributed by atoms with van der Waals surface area (Å²) in [7, 11) is 1.72. The van der Waals surface area contributed by atoms with Crippen molar-refractivity contribution in [2.75, 3.05) is 0 Å². The molecule has 0 saturated heterocycles. The van der Waals surface area contributed by atoms with Gasteiger partial charge in [-0.05, 0) is 30.3 Å². The van der Waals surface area contributed by atoms with Crippen LogP contribution in [0.3, 0.4) is 0 Å². The Morgan fingerprint density at radius 2 is 1.95 bits per heavy atom. The molecule has 6 nitrogen and oxygen atoms in total. The van der Waals surface area contributed by atoms with Crippen LogP contribution in [0.15, 0.2) is 42.6 Å². The fourth-order valence-corrected chi connectivity index (χ4v) is 1.93. The van der Waals surface area contributed by atoms with Crippen LogP contribution in [-0.4, -0.2) is 30.0 Å². The summed E-state index contributed by atoms with van der Waals surface area (Å²) in [4.78, 5) is 8.56. The van der Waals surface area contributed by atoms with Crippen molar-refractivity contribution in [3.63, 3.8) is 0 Å². The van der Waals surface area contributed by atoms with Crippen molar-refractivity contribution in [2.45, 2.75) is 0 Å². The molecule has 0 aliphatic heterocycles. The van der Waals surface area contributed by atoms with Crippen LogP contribution < -0.4 is 0 Å². The third-order valence-corrected chi connectivity index (χ3v) is 2.88. The Kier molecular flexibility index (Phi) is 2.83. The van der Waals surface area contributed by atoms with Crippen molar-refractivity contribution in [1.82, 2.24) is 19.7 Å². The number of phenols is 2. The van der Waals surface area contributed by atoms with Crippen molar-refractivity contribution in [3.05, 3.63) is 42.6 Å². The lowest BCUT2D eigenvalue weighted by molar-refractivity contribution is 0.461. The lowest BCUT2D eigenvalue weighted by Gasteiger charge is -2.03. The van der Waals surface area contributed by atoms with Crippen molar-refractivity contribution < 1.29 is 10.2 Å². The van der Waals surface area contributed by atoms with Crippen molar-refractivity contribution >= 4 is 0 Å². The van der Waals surface area contributed by atoms with Gasteiger partial charge in [0.2, 0.25) is 0 Å². The van der Waals surface area contributed by atoms with E-state index >= 15 is 0 Å². The standard InChI is InChI=1S/C14H12N4O2/c1-18-14(10-8-9(19)5-6-12(10)20)16-13(17-18)11-4-2-3-7-15-11/h2-8,19-20H,1H3. The van der Waals surface area contributed by atoms with E-state index in [2.05, 4.69) is 15.1 Å². The summed E-state index contributed by atoms with van der Waals surface area (Å²) in [5, 5.41) is 23.7. The van der Waals surface area contributed by atoms with Gasteiger partial charge in [-0.1, -0.05) is 6.07 Å². The number of rotatable bonds is 2. The van der Waals surface area contributed by atoms with Gasteiger partial charge in [0.05, 0.1) is 5.56 Å². The second-order valence-electron chi connectivity index (χ2n) is 4.30. The fourth-order valence-electron chi connectivity index (χ4n) is 1.93. The number of hydrogen-bond donors (Lipinski definition) is 2. The Morgan fingerprint density at radius 3 is 2.70 bits per heavy atom. The van der Waals surface area contributed by atoms with E-state index < -0.39 is 0 Å². The predicted molar refractivity (Wildman–Crippen MR) is 73.0 cm³/mol. The number of phenolic OH excluding ortho intramolecular Hbond substituents is 2. The maximum absolute atomic E-state index is 9.88. The van der Waals surface area contributed by atoms with Gasteiger partial charge in [-0.15, -0.1) is 5.10 Å². The molecular formula is C14H12N4O2. The molecule has 0 saturated carbocycles. The van der Waals surface area contributed by atoms with Crippen LogP contribution in [0.25, 0.3) is 22.9 Å². The topological polar surface area (TPSA) is 84.1 Å². The van der Waals surface area contributed by atoms with E-state index in [0.717, 1.165) is 0 Å². The second-order valence-corrected chi connectivity index (χ2v) is 4.30. The normalized spacial score (nSPS) is 10.7. The molecule has 6 heteroatoms. The van der Waals surface area contributed by atoms with Crippen LogP contribution in [-0.2, 0) is 7.05 Å². The van der Waals surface area contributed by atoms with E-state index in [1.807, 2.05) is 12.1 Å². The maximum atomic E-state index is 9.88. The van der Waals surface area contributed by atoms with Gasteiger partial charge in [-0.3, -0.25) is 4.98 Å². The van der Waals surface area contributed by atoms with Gasteiger partial charge in [0.1, 0.15) is 17.2 Å². The number of hydrogen-bond acceptors (Lipinski definition) is 5. The quantitative estimate of drug-likeness (QED) is 0.694. The van der Waals surface area contributed by atoms with Crippen LogP contribution in [0.1, 0.15) is 0 Å². The smallest absolute Gasteiger partial charge is 0.200 e. The zero-order valence-corrected chi connectivity index (χ0v) is 10.7. The summed E-state index contributed by atoms with van der Waals surface area (Å²) < 4.78 is 1.54. The van der Waals surface area contributed by atoms with Crippen LogP contribution in [0.5, 0.6) is 11.5 Å². The highest BCUT2D eigenvalue weighted by Crippen LogP contribution is 2.31. The molecule has 0 aliphatic carbocycles. The van der Waals surface area contributed by atoms with Crippen molar-refractivity contribution in [2.24, 2.45) is 7.05 Å². The van der Waals surface area contributed by atoms with Crippen molar-refractivity contribution in [1.29, 1.82) is 0 Å². The van der Waals surface area contributed by atoms with Crippen molar-refractivity contribution in [3.8, 4) is 34.4 Å². The van der Waals surface area contributed by atoms with E-state index in [1.54, 1.807) is 24.0 Å². The molecule has 0 amide bonds. The van der Waals surface area contributed by atoms with E-state index in [9.17, 15) is 10.2 Å². The molecule has 0 radical (unpaired) electrons. The van der Waals surface area contributed by atoms with Gasteiger partial charge >= 0.3 is 0 Å². The number of benzene rings is 1. The third-order valence-electron chi connectivity index (χ3n) is 2.88. The van der Waals surface area contributed by atoms with Gasteiger partial charge in [0.25, 0.3) is 0 Å². The van der Waals surface area contributed by atoms with Gasteiger partial charge in [-0.25, -0.2) is 9.67 Å². The molecular weight excluding hydrogens is 256 g/mol. The minimum atomic E-state index is 0.0332. The number of nitrogens with zero attached hydrogens (tertiary/aromatic N) is 4. The summed E-state index contributed by atoms with van der Waals surface area (Å²) in [6.45, 7) is 0. The first kappa shape index (κ1) is 12.2. The molecule has 100 valence electrons. The Hall–Kier alpha value is -2.89. The average molecular weight is 268 g/mol. The van der Waals surface area contributed by atoms with Crippen LogP contribution in [0.2, 0.25) is 0 Å². The molecule has 0 unspecified atom stereocenters. The molecule has 0 fully saturated rings. The monoisotopic (exact) mass is 268 g/mol. The first-order chi connectivity index (χ1) is 9.65. The highest BCUT2D eigenvalue weighted by Gasteiger charge is 2.15. The van der Waals surface area contributed by atoms with Gasteiger partial charge in [-0.2, -0.15) is 0 Å². The van der Waals surface area contributed by atoms with E-state index in [-0.39, 0.29) is 11.5 Å². The lowest BCUT2D eigenvalue weighted by atomic mass is 10.2. The highest BCUT2D eigenvalue weighted by atomic mass is 16.3. The number of aromatic hydroxyl groups is 2. The Labute approximate surface area is 115 Å². The van der Waals surface area contributed by atoms with Gasteiger partial charge < -0.3 is 10.2 Å². The highest BCUT2D eigenvalue weighted by molar-refractivity contribution is 5.67. The SMILES string of the molecule is Cn1nc(-c2ccccn2)nc1-c1cc(O)ccc1O. The number of pyridine rings is 1. The van der Waals surface area contributed by atoms with Crippen LogP contribution in [0.4, 0.5) is 0 Å². The molecule has 2 aromatic heterocycles. The Morgan fingerprint density at radius 1 is 1.10 bits per heavy atom. The largest absolute Gasteiger partial charge is 0.508 e. The molecule has 0 aliphatic rings. The summed E-state index contributed by atoms with van der Waals surface area (Å²) in [6.07, 6.45) is 1.66. The molecule has 20 heavy (non-hydrogen) atoms. The first-order valence-electron chi connectivity index (χ1n) is 6.00. The molecule has 1 aromatic carbocycles. The minimum absolute atomic E-state index is 0.0332. The average Bonchev–Trinajstić information content (AvgIpc) is 2.84. The van der Waals surface area contributed by atoms with Gasteiger partial charge in [0, 0.05) is 13.2 Å². The predicted octanol–water partition coefficient (Wildman–Crippen LogP) is 1.96. The summed E-state index contributed by atoms with van der Waals surface area (Å²) >= 11 is 0. The zero-order valence-electron chi connectivity index (χ0n) is 10.7. The molecule has 0 atom stereocenters. The van der Waals surface area contributed by atoms with E-state index in [1.165, 1.54) is 18.2 Å². The van der Waals surface area contributed by atoms with Gasteiger partial charge in [0.15, 0.2) is 11.6 Å². The first-order valence-corrected chi connectivity index (χ1v) is 6.00. The number of aromatic nitrogens is 4. The third kappa shape index (κ3) is 2.07. The molecule has 3 aromatic rings. The lowest BCUT2D eigenvalue weighted by Crippen LogP contribution is -1.94. The van der Waals surface area contributed by atoms with E-state index in [4.69, 9.17) is 0 Å². The molecule has 2 heterocycles. The number of aryl methyl sites for hydroxylation is 1. The Balaban J connectivity index is 2.12. The molecule has 2 N–H and O–H groups in total. The summed E-state index contributed by atoms with van der Waals surface area (Å²) in [5.41, 5.74) is 1.07. The second kappa shape index (κ2) is 4.65. The summed E-state index contributed by atoms with van der Waals surface area (Å²) in [6, 6.07) is 9.75. The zero-order chi connectivity index (χ0) is 14.1. The fraction of sp³-hybridized carbons (Fsp3) is 0.0714. The van der Waals surface area contributed by atoms with Crippen LogP contribution >= 0.6 is 0 Å². The molecule has 3 rings (SSSR count). The molecule has 0 bridgehead atoms. The maximum Gasteiger partial charge on any atom is 0.200 e. The Bertz CT molecular complexity index is 753. The molecule has 0 spiro atoms. The van der Waals surface area contributed by atoms with Crippen LogP contribution in [0, 0.1) is 0 Å². The van der Waals surface area contributed by atoms with E-state index in [0.29, 0.717) is 22.9 Å².